The Labute approximate surface area is 212 Å². The zero-order chi connectivity index (χ0) is 26.3. The van der Waals surface area contributed by atoms with Crippen molar-refractivity contribution in [2.75, 3.05) is 13.1 Å². The molecule has 1 heterocycles. The first kappa shape index (κ1) is 25.0. The second-order valence-corrected chi connectivity index (χ2v) is 10.6. The highest BCUT2D eigenvalue weighted by Gasteiger charge is 2.63. The van der Waals surface area contributed by atoms with Crippen molar-refractivity contribution in [2.24, 2.45) is 17.6 Å². The number of aliphatic hydroxyl groups is 3. The van der Waals surface area contributed by atoms with Crippen molar-refractivity contribution in [1.29, 1.82) is 0 Å². The lowest BCUT2D eigenvalue weighted by Gasteiger charge is -2.48. The number of nitrogens with two attached hydrogens (primary N) is 1. The number of carbonyl (C=O) groups is 3. The van der Waals surface area contributed by atoms with E-state index in [9.17, 15) is 34.8 Å². The summed E-state index contributed by atoms with van der Waals surface area (Å²) in [6, 6.07) is 0.133. The smallest absolute Gasteiger partial charge is 0.202 e. The van der Waals surface area contributed by atoms with Gasteiger partial charge in [-0.1, -0.05) is 18.5 Å². The lowest BCUT2D eigenvalue weighted by Crippen LogP contribution is -2.64. The van der Waals surface area contributed by atoms with E-state index in [1.165, 1.54) is 6.07 Å². The van der Waals surface area contributed by atoms with Gasteiger partial charge in [0.2, 0.25) is 5.78 Å². The maximum absolute atomic E-state index is 13.7. The van der Waals surface area contributed by atoms with Crippen LogP contribution in [0.4, 0.5) is 0 Å². The van der Waals surface area contributed by atoms with Crippen molar-refractivity contribution in [3.8, 4) is 5.75 Å². The van der Waals surface area contributed by atoms with Gasteiger partial charge in [0.05, 0.1) is 11.6 Å². The summed E-state index contributed by atoms with van der Waals surface area (Å²) in [6.07, 6.45) is 2.01. The molecule has 5 rings (SSSR count). The summed E-state index contributed by atoms with van der Waals surface area (Å²) in [5.41, 5.74) is 3.81. The van der Waals surface area contributed by atoms with E-state index >= 15 is 0 Å². The number of ketones is 3. The Morgan fingerprint density at radius 2 is 1.97 bits per heavy atom. The number of phenolic OH excluding ortho intramolecular Hbond substituents is 1. The molecule has 36 heavy (non-hydrogen) atoms. The highest BCUT2D eigenvalue weighted by molar-refractivity contribution is 6.33. The van der Waals surface area contributed by atoms with Crippen molar-refractivity contribution in [3.05, 3.63) is 44.7 Å². The Hall–Kier alpha value is -2.72. The van der Waals surface area contributed by atoms with Crippen LogP contribution in [0.2, 0.25) is 5.02 Å². The molecule has 6 N–H and O–H groups in total. The van der Waals surface area contributed by atoms with Crippen LogP contribution in [0.1, 0.15) is 55.8 Å². The van der Waals surface area contributed by atoms with E-state index in [-0.39, 0.29) is 35.8 Å². The monoisotopic (exact) mass is 516 g/mol. The first-order valence-corrected chi connectivity index (χ1v) is 12.6. The molecular formula is C26H29ClN2O7. The van der Waals surface area contributed by atoms with Gasteiger partial charge in [-0.3, -0.25) is 19.3 Å². The highest BCUT2D eigenvalue weighted by atomic mass is 35.5. The van der Waals surface area contributed by atoms with Crippen LogP contribution in [0.5, 0.6) is 5.75 Å². The summed E-state index contributed by atoms with van der Waals surface area (Å²) in [4.78, 5) is 40.7. The maximum Gasteiger partial charge on any atom is 0.202 e. The fraction of sp³-hybridized carbons (Fsp3) is 0.500. The number of phenols is 1. The van der Waals surface area contributed by atoms with Crippen LogP contribution in [0.3, 0.4) is 0 Å². The molecule has 9 nitrogen and oxygen atoms in total. The number of aliphatic hydroxyl groups excluding tert-OH is 2. The van der Waals surface area contributed by atoms with Gasteiger partial charge in [-0.2, -0.15) is 0 Å². The van der Waals surface area contributed by atoms with E-state index in [2.05, 4.69) is 11.8 Å². The zero-order valence-electron chi connectivity index (χ0n) is 20.0. The number of likely N-dealkylation sites (tertiary alicyclic amines) is 1. The second kappa shape index (κ2) is 8.41. The molecule has 5 atom stereocenters. The molecule has 1 saturated carbocycles. The van der Waals surface area contributed by atoms with Gasteiger partial charge in [-0.15, -0.1) is 0 Å². The quantitative estimate of drug-likeness (QED) is 0.379. The van der Waals surface area contributed by atoms with E-state index in [1.807, 2.05) is 0 Å². The van der Waals surface area contributed by atoms with Crippen LogP contribution < -0.4 is 5.73 Å². The molecule has 1 aromatic carbocycles. The predicted molar refractivity (Wildman–Crippen MR) is 130 cm³/mol. The number of nitrogens with zero attached hydrogens (tertiary/aromatic N) is 1. The molecule has 1 aliphatic heterocycles. The van der Waals surface area contributed by atoms with Crippen molar-refractivity contribution >= 4 is 34.7 Å². The third kappa shape index (κ3) is 3.16. The Kier molecular flexibility index (Phi) is 5.83. The topological polar surface area (TPSA) is 161 Å². The average Bonchev–Trinajstić information content (AvgIpc) is 3.30. The van der Waals surface area contributed by atoms with E-state index in [1.54, 1.807) is 0 Å². The molecule has 4 aliphatic rings. The number of benzene rings is 1. The number of rotatable bonds is 3. The van der Waals surface area contributed by atoms with Crippen molar-refractivity contribution in [2.45, 2.75) is 57.2 Å². The van der Waals surface area contributed by atoms with Gasteiger partial charge < -0.3 is 26.2 Å². The summed E-state index contributed by atoms with van der Waals surface area (Å²) in [5, 5.41) is 44.8. The minimum atomic E-state index is -2.64. The Bertz CT molecular complexity index is 1290. The lowest BCUT2D eigenvalue weighted by atomic mass is 9.57. The summed E-state index contributed by atoms with van der Waals surface area (Å²) < 4.78 is 0. The lowest BCUT2D eigenvalue weighted by molar-refractivity contribution is -0.149. The van der Waals surface area contributed by atoms with Crippen molar-refractivity contribution in [1.82, 2.24) is 4.90 Å². The van der Waals surface area contributed by atoms with Gasteiger partial charge >= 0.3 is 0 Å². The van der Waals surface area contributed by atoms with Gasteiger partial charge in [0.15, 0.2) is 17.2 Å². The minimum absolute atomic E-state index is 0.0119. The normalized spacial score (nSPS) is 32.5. The van der Waals surface area contributed by atoms with Crippen LogP contribution >= 0.6 is 11.6 Å². The molecule has 10 heteroatoms. The SMILES string of the molecule is CCN1CCCC1c1cc(O)c2c(c1Cl)C[C@H]1C[C@H]3[C@H](N)C(=O)C(C(C)=O)=C(O)[C@@]3(O)C(=O)C1=C2O. The van der Waals surface area contributed by atoms with Crippen molar-refractivity contribution in [3.63, 3.8) is 0 Å². The number of aromatic hydroxyl groups is 1. The first-order chi connectivity index (χ1) is 16.9. The number of hydrogen-bond donors (Lipinski definition) is 5. The van der Waals surface area contributed by atoms with E-state index in [0.29, 0.717) is 10.6 Å². The minimum Gasteiger partial charge on any atom is -0.508 e. The number of fused-ring (bicyclic) bond motifs is 3. The van der Waals surface area contributed by atoms with Crippen LogP contribution in [-0.2, 0) is 20.8 Å². The average molecular weight is 517 g/mol. The molecule has 1 aromatic rings. The Balaban J connectivity index is 1.67. The van der Waals surface area contributed by atoms with Gasteiger partial charge in [0.1, 0.15) is 22.8 Å². The van der Waals surface area contributed by atoms with Crippen LogP contribution in [0, 0.1) is 11.8 Å². The van der Waals surface area contributed by atoms with Gasteiger partial charge in [-0.25, -0.2) is 0 Å². The second-order valence-electron chi connectivity index (χ2n) is 10.2. The zero-order valence-corrected chi connectivity index (χ0v) is 20.8. The highest BCUT2D eigenvalue weighted by Crippen LogP contribution is 2.53. The summed E-state index contributed by atoms with van der Waals surface area (Å²) >= 11 is 6.86. The van der Waals surface area contributed by atoms with Crippen LogP contribution in [0.25, 0.3) is 5.76 Å². The van der Waals surface area contributed by atoms with Gasteiger partial charge in [0, 0.05) is 22.6 Å². The Morgan fingerprint density at radius 1 is 1.28 bits per heavy atom. The standard InChI is InChI=1S/C26H29ClN2O7/c1-3-29-6-4-5-15(29)12-9-16(31)19-13(20(12)27)7-11-8-14-21(28)23(33)17(10(2)30)24(34)26(14,36)25(35)18(11)22(19)32/h9,11,14-15,21,31-32,34,36H,3-8,28H2,1-2H3/t11-,14-,15?,21-,26+/m0/s1. The molecule has 0 amide bonds. The first-order valence-electron chi connectivity index (χ1n) is 12.2. The molecular weight excluding hydrogens is 488 g/mol. The number of hydrogen-bond acceptors (Lipinski definition) is 9. The van der Waals surface area contributed by atoms with Crippen molar-refractivity contribution < 1.29 is 34.8 Å². The third-order valence-corrected chi connectivity index (χ3v) is 8.89. The number of halogens is 1. The molecule has 2 fully saturated rings. The van der Waals surface area contributed by atoms with E-state index in [4.69, 9.17) is 17.3 Å². The largest absolute Gasteiger partial charge is 0.508 e. The molecule has 0 bridgehead atoms. The van der Waals surface area contributed by atoms with E-state index in [0.717, 1.165) is 38.4 Å². The van der Waals surface area contributed by atoms with Crippen LogP contribution in [0.15, 0.2) is 23.0 Å². The fourth-order valence-electron chi connectivity index (χ4n) is 6.68. The summed E-state index contributed by atoms with van der Waals surface area (Å²) in [5.74, 6) is -6.40. The maximum atomic E-state index is 13.7. The summed E-state index contributed by atoms with van der Waals surface area (Å²) in [6.45, 7) is 4.81. The van der Waals surface area contributed by atoms with E-state index < -0.39 is 57.9 Å². The third-order valence-electron chi connectivity index (χ3n) is 8.45. The van der Waals surface area contributed by atoms with Gasteiger partial charge in [-0.05, 0) is 68.8 Å². The molecule has 3 aliphatic carbocycles. The molecule has 1 saturated heterocycles. The molecule has 0 radical (unpaired) electrons. The number of carbonyl (C=O) groups excluding carboxylic acids is 3. The molecule has 0 spiro atoms. The molecule has 192 valence electrons. The van der Waals surface area contributed by atoms with Gasteiger partial charge in [0.25, 0.3) is 0 Å². The molecule has 1 unspecified atom stereocenters. The fourth-order valence-corrected chi connectivity index (χ4v) is 7.04. The van der Waals surface area contributed by atoms with Crippen LogP contribution in [-0.4, -0.2) is 67.4 Å². The number of Topliss-reactive ketones (excluding diaryl/α,β-unsaturated/α-hetero) is 3. The Morgan fingerprint density at radius 3 is 2.61 bits per heavy atom. The predicted octanol–water partition coefficient (Wildman–Crippen LogP) is 2.27. The summed E-state index contributed by atoms with van der Waals surface area (Å²) in [7, 11) is 0. The molecule has 0 aromatic heterocycles.